The third kappa shape index (κ3) is 2.09. The summed E-state index contributed by atoms with van der Waals surface area (Å²) in [5.41, 5.74) is 2.76. The molecule has 0 aliphatic carbocycles. The van der Waals surface area contributed by atoms with E-state index in [1.165, 1.54) is 5.56 Å². The van der Waals surface area contributed by atoms with Gasteiger partial charge in [-0.1, -0.05) is 29.8 Å². The lowest BCUT2D eigenvalue weighted by molar-refractivity contribution is 1.42. The van der Waals surface area contributed by atoms with Gasteiger partial charge in [-0.15, -0.1) is 0 Å². The monoisotopic (exact) mass is 165 g/mol. The molecule has 58 valence electrons. The van der Waals surface area contributed by atoms with Crippen LogP contribution in [0.2, 0.25) is 0 Å². The average Bonchev–Trinajstić information content (AvgIpc) is 2.05. The molecule has 1 N–H and O–H groups in total. The molecule has 0 aliphatic rings. The molecule has 0 saturated carbocycles. The standard InChI is InChI=1S/C9H11NS/c1-7-2-4-8(5-3-7)9(10)6-11/h2-5,10-11H,6H2,1H3. The predicted molar refractivity (Wildman–Crippen MR) is 51.9 cm³/mol. The van der Waals surface area contributed by atoms with Crippen molar-refractivity contribution in [2.24, 2.45) is 0 Å². The Kier molecular flexibility index (Phi) is 2.71. The van der Waals surface area contributed by atoms with Gasteiger partial charge in [-0.2, -0.15) is 12.6 Å². The normalized spacial score (nSPS) is 9.64. The molecule has 0 radical (unpaired) electrons. The van der Waals surface area contributed by atoms with E-state index in [2.05, 4.69) is 12.6 Å². The molecule has 1 rings (SSSR count). The zero-order chi connectivity index (χ0) is 8.27. The van der Waals surface area contributed by atoms with Gasteiger partial charge < -0.3 is 5.41 Å². The molecule has 0 saturated heterocycles. The molecule has 0 spiro atoms. The van der Waals surface area contributed by atoms with E-state index in [0.29, 0.717) is 11.5 Å². The fourth-order valence-electron chi connectivity index (χ4n) is 0.846. The van der Waals surface area contributed by atoms with Crippen molar-refractivity contribution in [3.8, 4) is 0 Å². The Bertz CT molecular complexity index is 251. The average molecular weight is 165 g/mol. The molecular formula is C9H11NS. The molecule has 1 aromatic carbocycles. The Morgan fingerprint density at radius 2 is 1.91 bits per heavy atom. The van der Waals surface area contributed by atoms with Gasteiger partial charge in [0.1, 0.15) is 0 Å². The van der Waals surface area contributed by atoms with Gasteiger partial charge in [0.25, 0.3) is 0 Å². The summed E-state index contributed by atoms with van der Waals surface area (Å²) in [6.45, 7) is 2.04. The Hall–Kier alpha value is -0.760. The maximum absolute atomic E-state index is 7.47. The second-order valence-corrected chi connectivity index (χ2v) is 2.82. The maximum atomic E-state index is 7.47. The minimum absolute atomic E-state index is 0.503. The third-order valence-electron chi connectivity index (χ3n) is 1.56. The van der Waals surface area contributed by atoms with Gasteiger partial charge in [-0.25, -0.2) is 0 Å². The lowest BCUT2D eigenvalue weighted by Crippen LogP contribution is -1.99. The quantitative estimate of drug-likeness (QED) is 0.496. The molecule has 0 bridgehead atoms. The van der Waals surface area contributed by atoms with E-state index in [4.69, 9.17) is 5.41 Å². The second-order valence-electron chi connectivity index (χ2n) is 2.50. The van der Waals surface area contributed by atoms with Crippen molar-refractivity contribution in [1.82, 2.24) is 0 Å². The van der Waals surface area contributed by atoms with Crippen molar-refractivity contribution in [2.45, 2.75) is 6.92 Å². The summed E-state index contributed by atoms with van der Waals surface area (Å²) in [7, 11) is 0. The molecule has 0 heterocycles. The van der Waals surface area contributed by atoms with Gasteiger partial charge in [-0.3, -0.25) is 0 Å². The fraction of sp³-hybridized carbons (Fsp3) is 0.222. The van der Waals surface area contributed by atoms with Crippen LogP contribution < -0.4 is 0 Å². The lowest BCUT2D eigenvalue weighted by atomic mass is 10.1. The molecular weight excluding hydrogens is 154 g/mol. The zero-order valence-electron chi connectivity index (χ0n) is 6.46. The first-order valence-corrected chi connectivity index (χ1v) is 4.12. The summed E-state index contributed by atoms with van der Waals surface area (Å²) in [4.78, 5) is 0. The first kappa shape index (κ1) is 8.34. The van der Waals surface area contributed by atoms with Crippen molar-refractivity contribution < 1.29 is 0 Å². The van der Waals surface area contributed by atoms with Crippen molar-refractivity contribution in [3.63, 3.8) is 0 Å². The molecule has 0 fully saturated rings. The van der Waals surface area contributed by atoms with E-state index in [9.17, 15) is 0 Å². The summed E-state index contributed by atoms with van der Waals surface area (Å²) in [6, 6.07) is 7.92. The Morgan fingerprint density at radius 1 is 1.36 bits per heavy atom. The van der Waals surface area contributed by atoms with E-state index < -0.39 is 0 Å². The Morgan fingerprint density at radius 3 is 2.36 bits per heavy atom. The molecule has 0 unspecified atom stereocenters. The van der Waals surface area contributed by atoms with Crippen LogP contribution in [0.15, 0.2) is 24.3 Å². The summed E-state index contributed by atoms with van der Waals surface area (Å²) in [5.74, 6) is 0.503. The minimum Gasteiger partial charge on any atom is -0.304 e. The van der Waals surface area contributed by atoms with Crippen LogP contribution in [0, 0.1) is 12.3 Å². The Balaban J connectivity index is 2.90. The summed E-state index contributed by atoms with van der Waals surface area (Å²) < 4.78 is 0. The van der Waals surface area contributed by atoms with Gasteiger partial charge in [0, 0.05) is 11.5 Å². The molecule has 1 nitrogen and oxygen atoms in total. The molecule has 11 heavy (non-hydrogen) atoms. The first-order valence-electron chi connectivity index (χ1n) is 3.49. The summed E-state index contributed by atoms with van der Waals surface area (Å²) >= 11 is 4.03. The number of nitrogens with one attached hydrogen (secondary N) is 1. The molecule has 1 aromatic rings. The van der Waals surface area contributed by atoms with Gasteiger partial charge in [0.05, 0.1) is 0 Å². The highest BCUT2D eigenvalue weighted by molar-refractivity contribution is 7.81. The van der Waals surface area contributed by atoms with Crippen LogP contribution >= 0.6 is 12.6 Å². The number of benzene rings is 1. The largest absolute Gasteiger partial charge is 0.304 e. The maximum Gasteiger partial charge on any atom is 0.0482 e. The second kappa shape index (κ2) is 3.58. The minimum atomic E-state index is 0.503. The number of hydrogen-bond donors (Lipinski definition) is 2. The van der Waals surface area contributed by atoms with Crippen LogP contribution in [0.3, 0.4) is 0 Å². The van der Waals surface area contributed by atoms with Crippen molar-refractivity contribution in [2.75, 3.05) is 5.75 Å². The van der Waals surface area contributed by atoms with Gasteiger partial charge in [0.15, 0.2) is 0 Å². The van der Waals surface area contributed by atoms with E-state index in [-0.39, 0.29) is 0 Å². The molecule has 0 atom stereocenters. The number of aryl methyl sites for hydroxylation is 1. The van der Waals surface area contributed by atoms with Crippen molar-refractivity contribution in [3.05, 3.63) is 35.4 Å². The van der Waals surface area contributed by atoms with Crippen LogP contribution in [0.1, 0.15) is 11.1 Å². The molecule has 0 aromatic heterocycles. The summed E-state index contributed by atoms with van der Waals surface area (Å²) in [6.07, 6.45) is 0. The zero-order valence-corrected chi connectivity index (χ0v) is 7.36. The van der Waals surface area contributed by atoms with Crippen molar-refractivity contribution >= 4 is 18.3 Å². The van der Waals surface area contributed by atoms with E-state index in [1.54, 1.807) is 0 Å². The SMILES string of the molecule is Cc1ccc(C(=N)CS)cc1. The summed E-state index contributed by atoms with van der Waals surface area (Å²) in [5, 5.41) is 7.47. The number of hydrogen-bond acceptors (Lipinski definition) is 2. The Labute approximate surface area is 72.4 Å². The van der Waals surface area contributed by atoms with Gasteiger partial charge >= 0.3 is 0 Å². The van der Waals surface area contributed by atoms with Crippen LogP contribution in [0.4, 0.5) is 0 Å². The van der Waals surface area contributed by atoms with Crippen LogP contribution in [-0.4, -0.2) is 11.5 Å². The van der Waals surface area contributed by atoms with E-state index in [1.807, 2.05) is 31.2 Å². The van der Waals surface area contributed by atoms with Crippen LogP contribution in [0.5, 0.6) is 0 Å². The smallest absolute Gasteiger partial charge is 0.0482 e. The lowest BCUT2D eigenvalue weighted by Gasteiger charge is -1.99. The number of thiol groups is 1. The van der Waals surface area contributed by atoms with E-state index in [0.717, 1.165) is 5.56 Å². The fourth-order valence-corrected chi connectivity index (χ4v) is 1.03. The topological polar surface area (TPSA) is 23.9 Å². The van der Waals surface area contributed by atoms with Crippen molar-refractivity contribution in [1.29, 1.82) is 5.41 Å². The van der Waals surface area contributed by atoms with E-state index >= 15 is 0 Å². The molecule has 2 heteroatoms. The first-order chi connectivity index (χ1) is 5.24. The van der Waals surface area contributed by atoms with Crippen LogP contribution in [0.25, 0.3) is 0 Å². The molecule has 0 amide bonds. The molecule has 0 aliphatic heterocycles. The van der Waals surface area contributed by atoms with Gasteiger partial charge in [-0.05, 0) is 12.5 Å². The highest BCUT2D eigenvalue weighted by atomic mass is 32.1. The highest BCUT2D eigenvalue weighted by Crippen LogP contribution is 2.04. The third-order valence-corrected chi connectivity index (χ3v) is 1.87. The predicted octanol–water partition coefficient (Wildman–Crippen LogP) is 2.29. The highest BCUT2D eigenvalue weighted by Gasteiger charge is 1.96. The van der Waals surface area contributed by atoms with Gasteiger partial charge in [0.2, 0.25) is 0 Å². The number of rotatable bonds is 2. The van der Waals surface area contributed by atoms with Crippen LogP contribution in [-0.2, 0) is 0 Å².